The van der Waals surface area contributed by atoms with Gasteiger partial charge < -0.3 is 4.90 Å². The predicted octanol–water partition coefficient (Wildman–Crippen LogP) is 6.24. The van der Waals surface area contributed by atoms with E-state index in [1.165, 1.54) is 27.6 Å². The number of hydrogen-bond donors (Lipinski definition) is 0. The Kier molecular flexibility index (Phi) is 6.21. The van der Waals surface area contributed by atoms with E-state index in [1.54, 1.807) is 55.5 Å². The van der Waals surface area contributed by atoms with Crippen LogP contribution in [0.4, 0.5) is 30.2 Å². The Morgan fingerprint density at radius 1 is 0.879 bits per heavy atom. The molecule has 170 valence electrons. The molecule has 1 unspecified atom stereocenters. The van der Waals surface area contributed by atoms with Crippen LogP contribution >= 0.6 is 11.8 Å². The zero-order valence-electron chi connectivity index (χ0n) is 18.0. The van der Waals surface area contributed by atoms with Gasteiger partial charge in [-0.25, -0.2) is 0 Å². The summed E-state index contributed by atoms with van der Waals surface area (Å²) in [7, 11) is 0. The van der Waals surface area contributed by atoms with Crippen LogP contribution in [-0.4, -0.2) is 24.6 Å². The van der Waals surface area contributed by atoms with E-state index < -0.39 is 29.5 Å². The van der Waals surface area contributed by atoms with E-state index in [0.717, 1.165) is 17.0 Å². The molecule has 0 saturated carbocycles. The molecular weight excluding hydrogens is 449 g/mol. The van der Waals surface area contributed by atoms with Gasteiger partial charge in [0.05, 0.1) is 16.9 Å². The molecule has 1 aliphatic rings. The molecule has 4 rings (SSSR count). The van der Waals surface area contributed by atoms with E-state index in [-0.39, 0.29) is 17.9 Å². The fourth-order valence-electron chi connectivity index (χ4n) is 4.01. The highest BCUT2D eigenvalue weighted by Gasteiger charge is 2.42. The third kappa shape index (κ3) is 4.23. The molecule has 0 aromatic heterocycles. The molecule has 2 amide bonds. The molecule has 0 aliphatic carbocycles. The largest absolute Gasteiger partial charge is 0.416 e. The smallest absolute Gasteiger partial charge is 0.310 e. The monoisotopic (exact) mass is 470 g/mol. The Hall–Kier alpha value is -3.26. The second-order valence-electron chi connectivity index (χ2n) is 7.50. The van der Waals surface area contributed by atoms with E-state index in [0.29, 0.717) is 11.3 Å². The number of rotatable bonds is 4. The third-order valence-electron chi connectivity index (χ3n) is 5.57. The summed E-state index contributed by atoms with van der Waals surface area (Å²) in [6.45, 7) is 1.93. The molecule has 0 N–H and O–H groups in total. The van der Waals surface area contributed by atoms with Crippen molar-refractivity contribution in [3.05, 3.63) is 83.9 Å². The zero-order chi connectivity index (χ0) is 23.8. The first kappa shape index (κ1) is 22.9. The number of anilines is 3. The number of fused-ring (bicyclic) bond motifs is 1. The van der Waals surface area contributed by atoms with Crippen LogP contribution in [0, 0.1) is 0 Å². The van der Waals surface area contributed by atoms with Crippen molar-refractivity contribution in [1.82, 2.24) is 0 Å². The Morgan fingerprint density at radius 2 is 1.61 bits per heavy atom. The molecular formula is C25H21F3N2O2S. The van der Waals surface area contributed by atoms with E-state index in [1.807, 2.05) is 12.3 Å². The molecule has 3 aromatic rings. The lowest BCUT2D eigenvalue weighted by molar-refractivity contribution is -0.137. The molecule has 8 heteroatoms. The zero-order valence-corrected chi connectivity index (χ0v) is 18.8. The number of carbonyl (C=O) groups excluding carboxylic acids is 2. The van der Waals surface area contributed by atoms with Gasteiger partial charge in [-0.3, -0.25) is 14.5 Å². The van der Waals surface area contributed by atoms with Gasteiger partial charge in [-0.1, -0.05) is 30.3 Å². The van der Waals surface area contributed by atoms with Crippen LogP contribution in [0.3, 0.4) is 0 Å². The predicted molar refractivity (Wildman–Crippen MR) is 124 cm³/mol. The quantitative estimate of drug-likeness (QED) is 0.335. The van der Waals surface area contributed by atoms with Gasteiger partial charge in [-0.15, -0.1) is 11.8 Å². The van der Waals surface area contributed by atoms with Crippen molar-refractivity contribution in [3.8, 4) is 0 Å². The minimum Gasteiger partial charge on any atom is -0.310 e. The number of nitrogens with zero attached hydrogens (tertiary/aromatic N) is 2. The normalized spacial score (nSPS) is 16.6. The summed E-state index contributed by atoms with van der Waals surface area (Å²) >= 11 is 1.48. The second-order valence-corrected chi connectivity index (χ2v) is 8.38. The summed E-state index contributed by atoms with van der Waals surface area (Å²) in [5.74, 6) is -2.26. The van der Waals surface area contributed by atoms with E-state index in [9.17, 15) is 22.8 Å². The molecule has 33 heavy (non-hydrogen) atoms. The maximum absolute atomic E-state index is 13.9. The Bertz CT molecular complexity index is 1200. The average molecular weight is 471 g/mol. The molecule has 4 nitrogen and oxygen atoms in total. The van der Waals surface area contributed by atoms with Crippen molar-refractivity contribution in [2.75, 3.05) is 22.6 Å². The number of halogens is 3. The molecule has 0 radical (unpaired) electrons. The highest BCUT2D eigenvalue weighted by atomic mass is 32.2. The number of benzene rings is 3. The van der Waals surface area contributed by atoms with Crippen LogP contribution in [0.2, 0.25) is 0 Å². The summed E-state index contributed by atoms with van der Waals surface area (Å²) in [6, 6.07) is 18.7. The number of hydrogen-bond acceptors (Lipinski definition) is 3. The highest BCUT2D eigenvalue weighted by molar-refractivity contribution is 7.98. The summed E-state index contributed by atoms with van der Waals surface area (Å²) in [5.41, 5.74) is 0.289. The first-order chi connectivity index (χ1) is 15.8. The van der Waals surface area contributed by atoms with Crippen LogP contribution in [0.15, 0.2) is 77.7 Å². The lowest BCUT2D eigenvalue weighted by Crippen LogP contribution is -2.39. The molecule has 0 spiro atoms. The van der Waals surface area contributed by atoms with Gasteiger partial charge in [-0.05, 0) is 61.2 Å². The first-order valence-corrected chi connectivity index (χ1v) is 11.5. The molecule has 3 aromatic carbocycles. The fourth-order valence-corrected chi connectivity index (χ4v) is 4.48. The summed E-state index contributed by atoms with van der Waals surface area (Å²) in [5, 5.41) is 0. The molecule has 1 heterocycles. The topological polar surface area (TPSA) is 40.6 Å². The van der Waals surface area contributed by atoms with Gasteiger partial charge in [0, 0.05) is 17.1 Å². The Morgan fingerprint density at radius 3 is 2.24 bits per heavy atom. The van der Waals surface area contributed by atoms with Crippen LogP contribution in [-0.2, 0) is 15.8 Å². The molecule has 0 bridgehead atoms. The van der Waals surface area contributed by atoms with E-state index in [2.05, 4.69) is 0 Å². The van der Waals surface area contributed by atoms with Crippen LogP contribution in [0.5, 0.6) is 0 Å². The Balaban J connectivity index is 1.99. The van der Waals surface area contributed by atoms with Crippen molar-refractivity contribution in [2.24, 2.45) is 0 Å². The number of thioether (sulfide) groups is 1. The van der Waals surface area contributed by atoms with Gasteiger partial charge in [0.25, 0.3) is 0 Å². The minimum absolute atomic E-state index is 0.0275. The number of likely N-dealkylation sites (N-methyl/N-ethyl adjacent to an activating group) is 1. The number of alkyl halides is 3. The van der Waals surface area contributed by atoms with Crippen LogP contribution in [0.25, 0.3) is 0 Å². The number of amides is 2. The lowest BCUT2D eigenvalue weighted by Gasteiger charge is -2.26. The van der Waals surface area contributed by atoms with Gasteiger partial charge in [0.1, 0.15) is 5.92 Å². The maximum Gasteiger partial charge on any atom is 0.416 e. The lowest BCUT2D eigenvalue weighted by atomic mass is 9.96. The second kappa shape index (κ2) is 8.94. The van der Waals surface area contributed by atoms with Gasteiger partial charge in [-0.2, -0.15) is 13.2 Å². The third-order valence-corrected chi connectivity index (χ3v) is 6.30. The molecule has 1 aliphatic heterocycles. The number of carbonyl (C=O) groups is 2. The Labute approximate surface area is 194 Å². The van der Waals surface area contributed by atoms with Crippen molar-refractivity contribution in [2.45, 2.75) is 23.9 Å². The molecule has 0 saturated heterocycles. The van der Waals surface area contributed by atoms with E-state index >= 15 is 0 Å². The maximum atomic E-state index is 13.9. The molecule has 1 atom stereocenters. The van der Waals surface area contributed by atoms with Crippen molar-refractivity contribution in [1.29, 1.82) is 0 Å². The van der Waals surface area contributed by atoms with Crippen LogP contribution in [0.1, 0.15) is 24.0 Å². The minimum atomic E-state index is -4.60. The number of para-hydroxylation sites is 1. The highest BCUT2D eigenvalue weighted by Crippen LogP contribution is 2.44. The molecule has 0 fully saturated rings. The van der Waals surface area contributed by atoms with Crippen molar-refractivity contribution in [3.63, 3.8) is 0 Å². The SMILES string of the molecule is CCN1C(=O)C(c2cccc(SC)c2)C(=O)N(c2ccccc2)c2cc(C(F)(F)F)ccc21. The van der Waals surface area contributed by atoms with Gasteiger partial charge >= 0.3 is 6.18 Å². The van der Waals surface area contributed by atoms with Crippen LogP contribution < -0.4 is 9.80 Å². The summed E-state index contributed by atoms with van der Waals surface area (Å²) < 4.78 is 40.7. The fraction of sp³-hybridized carbons (Fsp3) is 0.200. The van der Waals surface area contributed by atoms with Gasteiger partial charge in [0.15, 0.2) is 0 Å². The standard InChI is InChI=1S/C25H21F3N2O2S/c1-3-29-20-13-12-17(25(26,27)28)15-21(20)30(18-9-5-4-6-10-18)24(32)22(23(29)31)16-8-7-11-19(14-16)33-2/h4-15,22H,3H2,1-2H3. The van der Waals surface area contributed by atoms with Gasteiger partial charge in [0.2, 0.25) is 11.8 Å². The summed E-state index contributed by atoms with van der Waals surface area (Å²) in [6.07, 6.45) is -2.71. The first-order valence-electron chi connectivity index (χ1n) is 10.3. The summed E-state index contributed by atoms with van der Waals surface area (Å²) in [4.78, 5) is 31.1. The van der Waals surface area contributed by atoms with Crippen molar-refractivity contribution < 1.29 is 22.8 Å². The van der Waals surface area contributed by atoms with E-state index in [4.69, 9.17) is 0 Å². The van der Waals surface area contributed by atoms with Crippen molar-refractivity contribution >= 4 is 40.6 Å². The average Bonchev–Trinajstić information content (AvgIpc) is 2.89.